The number of hydrogen-bond donors (Lipinski definition) is 1. The first kappa shape index (κ1) is 21.9. The van der Waals surface area contributed by atoms with E-state index in [1.165, 1.54) is 26.2 Å². The van der Waals surface area contributed by atoms with Crippen molar-refractivity contribution in [2.75, 3.05) is 27.9 Å². The van der Waals surface area contributed by atoms with Crippen molar-refractivity contribution in [3.8, 4) is 0 Å². The first-order chi connectivity index (χ1) is 14.0. The largest absolute Gasteiger partial charge is 0.388 e. The number of rotatable bonds is 7. The quantitative estimate of drug-likeness (QED) is 0.667. The lowest BCUT2D eigenvalue weighted by molar-refractivity contribution is -0.299. The molecule has 2 heterocycles. The van der Waals surface area contributed by atoms with E-state index >= 15 is 0 Å². The molecular formula is C21H29NO7. The molecule has 1 N–H and O–H groups in total. The maximum atomic E-state index is 13.0. The number of aliphatic hydroxyl groups is 1. The summed E-state index contributed by atoms with van der Waals surface area (Å²) < 4.78 is 21.9. The molecule has 2 fully saturated rings. The number of methoxy groups -OCH3 is 3. The van der Waals surface area contributed by atoms with Crippen LogP contribution in [0.4, 0.5) is 0 Å². The second-order valence-electron chi connectivity index (χ2n) is 7.44. The van der Waals surface area contributed by atoms with Crippen LogP contribution >= 0.6 is 0 Å². The van der Waals surface area contributed by atoms with Gasteiger partial charge in [0.1, 0.15) is 24.4 Å². The van der Waals surface area contributed by atoms with E-state index in [2.05, 4.69) is 0 Å². The van der Waals surface area contributed by atoms with Crippen LogP contribution < -0.4 is 0 Å². The molecule has 0 radical (unpaired) electrons. The summed E-state index contributed by atoms with van der Waals surface area (Å²) in [4.78, 5) is 26.7. The van der Waals surface area contributed by atoms with E-state index < -0.39 is 30.7 Å². The van der Waals surface area contributed by atoms with E-state index in [1.807, 2.05) is 30.3 Å². The number of nitrogens with zero attached hydrogens (tertiary/aromatic N) is 1. The first-order valence-corrected chi connectivity index (χ1v) is 9.80. The Balaban J connectivity index is 1.72. The van der Waals surface area contributed by atoms with E-state index in [-0.39, 0.29) is 30.7 Å². The van der Waals surface area contributed by atoms with Gasteiger partial charge in [0, 0.05) is 33.7 Å². The van der Waals surface area contributed by atoms with Gasteiger partial charge >= 0.3 is 0 Å². The predicted octanol–water partition coefficient (Wildman–Crippen LogP) is 0.757. The highest BCUT2D eigenvalue weighted by atomic mass is 16.7. The van der Waals surface area contributed by atoms with Crippen LogP contribution in [0.15, 0.2) is 30.3 Å². The van der Waals surface area contributed by atoms with Crippen LogP contribution in [0.2, 0.25) is 0 Å². The second-order valence-corrected chi connectivity index (χ2v) is 7.44. The molecule has 1 aromatic carbocycles. The molecular weight excluding hydrogens is 378 g/mol. The third kappa shape index (κ3) is 4.67. The van der Waals surface area contributed by atoms with Crippen molar-refractivity contribution in [1.82, 2.24) is 4.90 Å². The summed E-state index contributed by atoms with van der Waals surface area (Å²) in [7, 11) is 4.40. The van der Waals surface area contributed by atoms with Crippen LogP contribution in [0.1, 0.15) is 18.4 Å². The summed E-state index contributed by atoms with van der Waals surface area (Å²) >= 11 is 0. The number of carbonyl (C=O) groups is 2. The molecule has 2 aliphatic heterocycles. The molecule has 2 aliphatic rings. The number of aliphatic hydroxyl groups excluding tert-OH is 1. The van der Waals surface area contributed by atoms with Gasteiger partial charge < -0.3 is 24.1 Å². The molecule has 6 atom stereocenters. The topological polar surface area (TPSA) is 94.5 Å². The van der Waals surface area contributed by atoms with Gasteiger partial charge in [0.15, 0.2) is 6.29 Å². The van der Waals surface area contributed by atoms with E-state index in [0.29, 0.717) is 12.8 Å². The standard InChI is InChI=1S/C21H29NO7/c1-26-18-17(24)15(29-21(28-3)19(18)27-2)12-22-16(23)10-9-14(20(22)25)11-13-7-5-4-6-8-13/h4-8,14-15,17-19,21,24H,9-12H2,1-3H3/t14?,15-,17-,18+,19-,21+/m1/s1. The Morgan fingerprint density at radius 1 is 1.07 bits per heavy atom. The highest BCUT2D eigenvalue weighted by molar-refractivity contribution is 5.98. The fraction of sp³-hybridized carbons (Fsp3) is 0.619. The molecule has 160 valence electrons. The Morgan fingerprint density at radius 3 is 2.38 bits per heavy atom. The second kappa shape index (κ2) is 9.77. The van der Waals surface area contributed by atoms with Gasteiger partial charge in [0.25, 0.3) is 0 Å². The minimum atomic E-state index is -1.08. The van der Waals surface area contributed by atoms with Crippen LogP contribution in [0, 0.1) is 5.92 Å². The SMILES string of the molecule is CO[C@H]1O[C@H](CN2C(=O)CCC(Cc3ccccc3)C2=O)[C@@H](O)[C@H](OC)[C@H]1OC. The number of hydrogen-bond acceptors (Lipinski definition) is 7. The van der Waals surface area contributed by atoms with Crippen LogP contribution in [-0.2, 0) is 35.0 Å². The maximum absolute atomic E-state index is 13.0. The van der Waals surface area contributed by atoms with Gasteiger partial charge in [-0.2, -0.15) is 0 Å². The molecule has 29 heavy (non-hydrogen) atoms. The van der Waals surface area contributed by atoms with Gasteiger partial charge in [-0.25, -0.2) is 0 Å². The summed E-state index contributed by atoms with van der Waals surface area (Å²) in [5, 5.41) is 10.7. The van der Waals surface area contributed by atoms with E-state index in [0.717, 1.165) is 5.56 Å². The zero-order valence-electron chi connectivity index (χ0n) is 17.0. The third-order valence-electron chi connectivity index (χ3n) is 5.71. The number of likely N-dealkylation sites (tertiary alicyclic amines) is 1. The van der Waals surface area contributed by atoms with Crippen molar-refractivity contribution in [2.24, 2.45) is 5.92 Å². The Morgan fingerprint density at radius 2 is 1.76 bits per heavy atom. The van der Waals surface area contributed by atoms with Gasteiger partial charge in [-0.15, -0.1) is 0 Å². The Labute approximate surface area is 170 Å². The van der Waals surface area contributed by atoms with E-state index in [4.69, 9.17) is 18.9 Å². The van der Waals surface area contributed by atoms with Gasteiger partial charge in [0.2, 0.25) is 11.8 Å². The van der Waals surface area contributed by atoms with Crippen molar-refractivity contribution in [3.05, 3.63) is 35.9 Å². The van der Waals surface area contributed by atoms with E-state index in [1.54, 1.807) is 0 Å². The number of benzene rings is 1. The monoisotopic (exact) mass is 407 g/mol. The van der Waals surface area contributed by atoms with Gasteiger partial charge in [-0.3, -0.25) is 14.5 Å². The van der Waals surface area contributed by atoms with Crippen LogP contribution in [0.5, 0.6) is 0 Å². The van der Waals surface area contributed by atoms with Crippen LogP contribution in [-0.4, -0.2) is 80.4 Å². The van der Waals surface area contributed by atoms with Crippen LogP contribution in [0.25, 0.3) is 0 Å². The highest BCUT2D eigenvalue weighted by Gasteiger charge is 2.48. The predicted molar refractivity (Wildman–Crippen MR) is 103 cm³/mol. The zero-order valence-corrected chi connectivity index (χ0v) is 17.0. The first-order valence-electron chi connectivity index (χ1n) is 9.80. The smallest absolute Gasteiger partial charge is 0.232 e. The van der Waals surface area contributed by atoms with Crippen molar-refractivity contribution >= 4 is 11.8 Å². The molecule has 3 rings (SSSR count). The van der Waals surface area contributed by atoms with E-state index in [9.17, 15) is 14.7 Å². The number of imide groups is 1. The summed E-state index contributed by atoms with van der Waals surface area (Å²) in [6, 6.07) is 9.73. The fourth-order valence-corrected chi connectivity index (χ4v) is 4.11. The maximum Gasteiger partial charge on any atom is 0.232 e. The normalized spacial score (nSPS) is 33.2. The molecule has 2 saturated heterocycles. The molecule has 8 heteroatoms. The number of piperidine rings is 1. The molecule has 0 saturated carbocycles. The lowest BCUT2D eigenvalue weighted by Gasteiger charge is -2.44. The average molecular weight is 407 g/mol. The van der Waals surface area contributed by atoms with Gasteiger partial charge in [-0.05, 0) is 18.4 Å². The molecule has 0 aliphatic carbocycles. The number of carbonyl (C=O) groups excluding carboxylic acids is 2. The minimum absolute atomic E-state index is 0.0553. The zero-order chi connectivity index (χ0) is 21.0. The minimum Gasteiger partial charge on any atom is -0.388 e. The lowest BCUT2D eigenvalue weighted by atomic mass is 9.89. The Bertz CT molecular complexity index is 698. The summed E-state index contributed by atoms with van der Waals surface area (Å²) in [5.41, 5.74) is 1.05. The molecule has 0 aromatic heterocycles. The molecule has 0 bridgehead atoms. The summed E-state index contributed by atoms with van der Waals surface area (Å²) in [6.45, 7) is -0.0553. The highest BCUT2D eigenvalue weighted by Crippen LogP contribution is 2.29. The van der Waals surface area contributed by atoms with Crippen molar-refractivity contribution < 1.29 is 33.6 Å². The molecule has 1 unspecified atom stereocenters. The Kier molecular flexibility index (Phi) is 7.37. The molecule has 8 nitrogen and oxygen atoms in total. The number of ether oxygens (including phenoxy) is 4. The van der Waals surface area contributed by atoms with Crippen LogP contribution in [0.3, 0.4) is 0 Å². The Hall–Kier alpha value is -1.84. The van der Waals surface area contributed by atoms with Gasteiger partial charge in [-0.1, -0.05) is 30.3 Å². The number of amides is 2. The fourth-order valence-electron chi connectivity index (χ4n) is 4.11. The third-order valence-corrected chi connectivity index (χ3v) is 5.71. The summed E-state index contributed by atoms with van der Waals surface area (Å²) in [6.07, 6.45) is -2.66. The average Bonchev–Trinajstić information content (AvgIpc) is 2.74. The van der Waals surface area contributed by atoms with Crippen molar-refractivity contribution in [2.45, 2.75) is 50.0 Å². The molecule has 0 spiro atoms. The van der Waals surface area contributed by atoms with Crippen molar-refractivity contribution in [1.29, 1.82) is 0 Å². The van der Waals surface area contributed by atoms with Crippen molar-refractivity contribution in [3.63, 3.8) is 0 Å². The molecule has 1 aromatic rings. The molecule has 2 amide bonds. The lowest BCUT2D eigenvalue weighted by Crippen LogP contribution is -2.62. The summed E-state index contributed by atoms with van der Waals surface area (Å²) in [5.74, 6) is -0.774. The van der Waals surface area contributed by atoms with Gasteiger partial charge in [0.05, 0.1) is 6.54 Å².